The number of nitrogen functional groups attached to an aromatic ring is 1. The third-order valence-electron chi connectivity index (χ3n) is 4.18. The maximum Gasteiger partial charge on any atom is 0.293 e. The molecule has 3 rings (SSSR count). The quantitative estimate of drug-likeness (QED) is 0.263. The summed E-state index contributed by atoms with van der Waals surface area (Å²) < 4.78 is 1.28. The minimum atomic E-state index is -0.524. The molecule has 0 aliphatic heterocycles. The van der Waals surface area contributed by atoms with Crippen LogP contribution in [0.15, 0.2) is 41.6 Å². The van der Waals surface area contributed by atoms with Crippen molar-refractivity contribution < 1.29 is 9.72 Å². The molecule has 0 unspecified atom stereocenters. The number of nitrogens with one attached hydrogen (secondary N) is 1. The minimum Gasteiger partial charge on any atom is -0.335 e. The largest absolute Gasteiger partial charge is 0.335 e. The molecule has 9 nitrogen and oxygen atoms in total. The highest BCUT2D eigenvalue weighted by Gasteiger charge is 2.19. The highest BCUT2D eigenvalue weighted by molar-refractivity contribution is 7.99. The molecule has 0 saturated carbocycles. The standard InChI is InChI=1S/C18H17ClN6O3S/c1-10-7-14(15(25(27)28)8-11(10)2)21-16(26)9-29-18-23-22-17(24(18)20)12-3-5-13(19)6-4-12/h3-8H,9,20H2,1-2H3,(H,21,26). The number of hydrogen-bond donors (Lipinski definition) is 2. The van der Waals surface area contributed by atoms with Crippen molar-refractivity contribution in [3.63, 3.8) is 0 Å². The van der Waals surface area contributed by atoms with Crippen LogP contribution >= 0.6 is 23.4 Å². The van der Waals surface area contributed by atoms with Crippen LogP contribution in [0, 0.1) is 24.0 Å². The minimum absolute atomic E-state index is 0.0416. The van der Waals surface area contributed by atoms with Gasteiger partial charge in [0, 0.05) is 16.7 Å². The molecule has 0 radical (unpaired) electrons. The summed E-state index contributed by atoms with van der Waals surface area (Å²) in [5, 5.41) is 22.8. The molecule has 2 aromatic carbocycles. The molecule has 1 amide bonds. The Hall–Kier alpha value is -3.11. The molecule has 150 valence electrons. The van der Waals surface area contributed by atoms with Crippen LogP contribution in [0.5, 0.6) is 0 Å². The Kier molecular flexibility index (Phi) is 6.04. The van der Waals surface area contributed by atoms with E-state index in [0.717, 1.165) is 28.5 Å². The lowest BCUT2D eigenvalue weighted by Crippen LogP contribution is -2.17. The third kappa shape index (κ3) is 4.66. The Labute approximate surface area is 175 Å². The monoisotopic (exact) mass is 432 g/mol. The van der Waals surface area contributed by atoms with Crippen molar-refractivity contribution in [1.29, 1.82) is 0 Å². The molecule has 11 heteroatoms. The van der Waals surface area contributed by atoms with E-state index in [1.807, 2.05) is 6.92 Å². The molecule has 1 heterocycles. The second kappa shape index (κ2) is 8.50. The molecule has 1 aromatic heterocycles. The van der Waals surface area contributed by atoms with Gasteiger partial charge < -0.3 is 11.2 Å². The summed E-state index contributed by atoms with van der Waals surface area (Å²) in [6.45, 7) is 3.59. The summed E-state index contributed by atoms with van der Waals surface area (Å²) in [4.78, 5) is 23.0. The molecule has 0 aliphatic rings. The number of rotatable bonds is 6. The van der Waals surface area contributed by atoms with Gasteiger partial charge in [-0.15, -0.1) is 10.2 Å². The van der Waals surface area contributed by atoms with Gasteiger partial charge in [-0.25, -0.2) is 4.68 Å². The van der Waals surface area contributed by atoms with Crippen molar-refractivity contribution in [3.05, 3.63) is 62.7 Å². The number of nitrogens with zero attached hydrogens (tertiary/aromatic N) is 4. The van der Waals surface area contributed by atoms with Gasteiger partial charge in [0.15, 0.2) is 5.82 Å². The van der Waals surface area contributed by atoms with Crippen molar-refractivity contribution >= 4 is 40.6 Å². The van der Waals surface area contributed by atoms with Gasteiger partial charge in [0.25, 0.3) is 5.69 Å². The zero-order chi connectivity index (χ0) is 21.1. The molecule has 0 spiro atoms. The number of hydrogen-bond acceptors (Lipinski definition) is 7. The van der Waals surface area contributed by atoms with Crippen LogP contribution in [0.3, 0.4) is 0 Å². The molecule has 0 saturated heterocycles. The lowest BCUT2D eigenvalue weighted by atomic mass is 10.1. The SMILES string of the molecule is Cc1cc(NC(=O)CSc2nnc(-c3ccc(Cl)cc3)n2N)c([N+](=O)[O-])cc1C. The number of aromatic nitrogens is 3. The van der Waals surface area contributed by atoms with Gasteiger partial charge in [0.05, 0.1) is 10.7 Å². The first-order chi connectivity index (χ1) is 13.8. The maximum atomic E-state index is 12.3. The number of benzene rings is 2. The molecular weight excluding hydrogens is 416 g/mol. The van der Waals surface area contributed by atoms with Crippen molar-refractivity contribution in [2.75, 3.05) is 16.9 Å². The number of carbonyl (C=O) groups excluding carboxylic acids is 1. The zero-order valence-corrected chi connectivity index (χ0v) is 17.1. The summed E-state index contributed by atoms with van der Waals surface area (Å²) in [5.41, 5.74) is 2.34. The van der Waals surface area contributed by atoms with E-state index in [-0.39, 0.29) is 17.1 Å². The first kappa shape index (κ1) is 20.6. The van der Waals surface area contributed by atoms with Gasteiger partial charge in [0.2, 0.25) is 11.1 Å². The first-order valence-electron chi connectivity index (χ1n) is 8.41. The van der Waals surface area contributed by atoms with Gasteiger partial charge in [-0.05, 0) is 55.3 Å². The van der Waals surface area contributed by atoms with Crippen LogP contribution in [-0.4, -0.2) is 31.5 Å². The fourth-order valence-electron chi connectivity index (χ4n) is 2.54. The topological polar surface area (TPSA) is 129 Å². The van der Waals surface area contributed by atoms with Crippen LogP contribution in [0.4, 0.5) is 11.4 Å². The van der Waals surface area contributed by atoms with Crippen LogP contribution in [0.1, 0.15) is 11.1 Å². The second-order valence-corrected chi connectivity index (χ2v) is 7.61. The van der Waals surface area contributed by atoms with E-state index in [2.05, 4.69) is 15.5 Å². The number of halogens is 1. The maximum absolute atomic E-state index is 12.3. The number of thioether (sulfide) groups is 1. The van der Waals surface area contributed by atoms with Gasteiger partial charge in [-0.3, -0.25) is 14.9 Å². The Morgan fingerprint density at radius 1 is 1.24 bits per heavy atom. The van der Waals surface area contributed by atoms with E-state index in [9.17, 15) is 14.9 Å². The van der Waals surface area contributed by atoms with Crippen molar-refractivity contribution in [2.24, 2.45) is 0 Å². The average molecular weight is 433 g/mol. The molecule has 0 aliphatic carbocycles. The van der Waals surface area contributed by atoms with Gasteiger partial charge in [0.1, 0.15) is 5.69 Å². The summed E-state index contributed by atoms with van der Waals surface area (Å²) in [5.74, 6) is 5.99. The number of amides is 1. The number of nitro groups is 1. The van der Waals surface area contributed by atoms with E-state index in [4.69, 9.17) is 17.4 Å². The second-order valence-electron chi connectivity index (χ2n) is 6.23. The van der Waals surface area contributed by atoms with Gasteiger partial charge >= 0.3 is 0 Å². The number of nitrogens with two attached hydrogens (primary N) is 1. The number of nitro benzene ring substituents is 1. The Morgan fingerprint density at radius 2 is 1.90 bits per heavy atom. The van der Waals surface area contributed by atoms with E-state index in [0.29, 0.717) is 16.0 Å². The average Bonchev–Trinajstić information content (AvgIpc) is 3.04. The predicted molar refractivity (Wildman–Crippen MR) is 113 cm³/mol. The summed E-state index contributed by atoms with van der Waals surface area (Å²) in [6, 6.07) is 9.96. The lowest BCUT2D eigenvalue weighted by molar-refractivity contribution is -0.384. The number of anilines is 1. The van der Waals surface area contributed by atoms with Crippen LogP contribution < -0.4 is 11.2 Å². The number of carbonyl (C=O) groups is 1. The Balaban J connectivity index is 1.70. The molecule has 3 aromatic rings. The highest BCUT2D eigenvalue weighted by Crippen LogP contribution is 2.28. The smallest absolute Gasteiger partial charge is 0.293 e. The van der Waals surface area contributed by atoms with Crippen LogP contribution in [0.25, 0.3) is 11.4 Å². The Bertz CT molecular complexity index is 1080. The summed E-state index contributed by atoms with van der Waals surface area (Å²) >= 11 is 6.95. The van der Waals surface area contributed by atoms with E-state index >= 15 is 0 Å². The predicted octanol–water partition coefficient (Wildman–Crippen LogP) is 3.57. The van der Waals surface area contributed by atoms with Crippen molar-refractivity contribution in [1.82, 2.24) is 14.9 Å². The lowest BCUT2D eigenvalue weighted by Gasteiger charge is -2.09. The number of aryl methyl sites for hydroxylation is 2. The third-order valence-corrected chi connectivity index (χ3v) is 5.38. The molecule has 0 atom stereocenters. The first-order valence-corrected chi connectivity index (χ1v) is 9.77. The fraction of sp³-hybridized carbons (Fsp3) is 0.167. The normalized spacial score (nSPS) is 10.7. The molecule has 0 bridgehead atoms. The highest BCUT2D eigenvalue weighted by atomic mass is 35.5. The van der Waals surface area contributed by atoms with E-state index in [1.54, 1.807) is 37.3 Å². The molecule has 29 heavy (non-hydrogen) atoms. The summed E-state index contributed by atoms with van der Waals surface area (Å²) in [7, 11) is 0. The van der Waals surface area contributed by atoms with Gasteiger partial charge in [-0.2, -0.15) is 0 Å². The van der Waals surface area contributed by atoms with Crippen molar-refractivity contribution in [3.8, 4) is 11.4 Å². The van der Waals surface area contributed by atoms with E-state index < -0.39 is 10.8 Å². The van der Waals surface area contributed by atoms with Crippen LogP contribution in [-0.2, 0) is 4.79 Å². The van der Waals surface area contributed by atoms with Gasteiger partial charge in [-0.1, -0.05) is 23.4 Å². The Morgan fingerprint density at radius 3 is 2.55 bits per heavy atom. The van der Waals surface area contributed by atoms with E-state index in [1.165, 1.54) is 10.7 Å². The van der Waals surface area contributed by atoms with Crippen LogP contribution in [0.2, 0.25) is 5.02 Å². The molecular formula is C18H17ClN6O3S. The molecule has 0 fully saturated rings. The summed E-state index contributed by atoms with van der Waals surface area (Å²) in [6.07, 6.45) is 0. The van der Waals surface area contributed by atoms with Crippen molar-refractivity contribution in [2.45, 2.75) is 19.0 Å². The zero-order valence-electron chi connectivity index (χ0n) is 15.5. The fourth-order valence-corrected chi connectivity index (χ4v) is 3.32. The molecule has 3 N–H and O–H groups in total.